The average molecular weight is 200 g/mol. The molecule has 1 rings (SSSR count). The lowest BCUT2D eigenvalue weighted by molar-refractivity contribution is -0.141. The van der Waals surface area contributed by atoms with Crippen LogP contribution < -0.4 is 0 Å². The van der Waals surface area contributed by atoms with Crippen LogP contribution in [0.5, 0.6) is 0 Å². The van der Waals surface area contributed by atoms with Gasteiger partial charge in [-0.3, -0.25) is 9.80 Å². The van der Waals surface area contributed by atoms with Gasteiger partial charge < -0.3 is 5.11 Å². The van der Waals surface area contributed by atoms with Crippen molar-refractivity contribution in [1.29, 1.82) is 0 Å². The van der Waals surface area contributed by atoms with Crippen molar-refractivity contribution in [3.05, 3.63) is 0 Å². The van der Waals surface area contributed by atoms with Crippen molar-refractivity contribution in [3.63, 3.8) is 0 Å². The van der Waals surface area contributed by atoms with Crippen LogP contribution in [0.25, 0.3) is 0 Å². The van der Waals surface area contributed by atoms with Crippen molar-refractivity contribution < 1.29 is 9.90 Å². The molecule has 14 heavy (non-hydrogen) atoms. The smallest absolute Gasteiger partial charge is 0.238 e. The third-order valence-corrected chi connectivity index (χ3v) is 2.22. The van der Waals surface area contributed by atoms with Crippen molar-refractivity contribution in [3.8, 4) is 0 Å². The topological polar surface area (TPSA) is 43.8 Å². The Morgan fingerprint density at radius 2 is 2.14 bits per heavy atom. The van der Waals surface area contributed by atoms with Gasteiger partial charge in [0.25, 0.3) is 0 Å². The Kier molecular flexibility index (Phi) is 3.50. The van der Waals surface area contributed by atoms with Gasteiger partial charge in [-0.1, -0.05) is 6.92 Å². The largest absolute Gasteiger partial charge is 0.389 e. The monoisotopic (exact) mass is 200 g/mol. The molecule has 1 amide bonds. The van der Waals surface area contributed by atoms with E-state index in [2.05, 4.69) is 0 Å². The molecule has 4 nitrogen and oxygen atoms in total. The van der Waals surface area contributed by atoms with E-state index in [-0.39, 0.29) is 5.91 Å². The number of hydrogen-bond acceptors (Lipinski definition) is 3. The minimum absolute atomic E-state index is 0.177. The van der Waals surface area contributed by atoms with E-state index in [1.807, 2.05) is 11.9 Å². The summed E-state index contributed by atoms with van der Waals surface area (Å²) >= 11 is 0. The van der Waals surface area contributed by atoms with Crippen LogP contribution >= 0.6 is 0 Å². The van der Waals surface area contributed by atoms with E-state index in [0.29, 0.717) is 13.0 Å². The van der Waals surface area contributed by atoms with E-state index in [4.69, 9.17) is 0 Å². The summed E-state index contributed by atoms with van der Waals surface area (Å²) in [5.74, 6) is 0.177. The fraction of sp³-hybridized carbons (Fsp3) is 0.900. The van der Waals surface area contributed by atoms with E-state index in [1.54, 1.807) is 18.9 Å². The maximum Gasteiger partial charge on any atom is 0.238 e. The van der Waals surface area contributed by atoms with Crippen molar-refractivity contribution >= 4 is 5.91 Å². The number of rotatable bonds is 4. The molecule has 4 heteroatoms. The second-order valence-corrected chi connectivity index (χ2v) is 4.47. The number of carbonyl (C=O) groups is 1. The zero-order chi connectivity index (χ0) is 10.8. The SMILES string of the molecule is CCCN1C(=O)CCN1CC(C)(C)O. The molecular weight excluding hydrogens is 180 g/mol. The van der Waals surface area contributed by atoms with E-state index in [9.17, 15) is 9.90 Å². The van der Waals surface area contributed by atoms with Crippen LogP contribution in [0, 0.1) is 0 Å². The van der Waals surface area contributed by atoms with E-state index < -0.39 is 5.60 Å². The number of amides is 1. The lowest BCUT2D eigenvalue weighted by atomic mass is 10.1. The molecule has 0 saturated carbocycles. The van der Waals surface area contributed by atoms with Gasteiger partial charge >= 0.3 is 0 Å². The molecular formula is C10H20N2O2. The van der Waals surface area contributed by atoms with Crippen molar-refractivity contribution in [2.45, 2.75) is 39.2 Å². The Bertz CT molecular complexity index is 211. The van der Waals surface area contributed by atoms with Crippen LogP contribution in [0.4, 0.5) is 0 Å². The highest BCUT2D eigenvalue weighted by Crippen LogP contribution is 2.16. The Labute approximate surface area is 85.5 Å². The zero-order valence-corrected chi connectivity index (χ0v) is 9.29. The normalized spacial score (nSPS) is 19.4. The molecule has 0 aromatic carbocycles. The first-order valence-corrected chi connectivity index (χ1v) is 5.21. The van der Waals surface area contributed by atoms with Gasteiger partial charge in [0.05, 0.1) is 5.60 Å². The Morgan fingerprint density at radius 1 is 1.50 bits per heavy atom. The Hall–Kier alpha value is -0.610. The summed E-state index contributed by atoms with van der Waals surface area (Å²) in [6.45, 7) is 7.60. The standard InChI is InChI=1S/C10H20N2O2/c1-4-6-12-9(13)5-7-11(12)8-10(2,3)14/h14H,4-8H2,1-3H3. The molecule has 0 bridgehead atoms. The molecule has 0 unspecified atom stereocenters. The molecule has 0 atom stereocenters. The molecule has 1 heterocycles. The Morgan fingerprint density at radius 3 is 2.64 bits per heavy atom. The number of hydrogen-bond donors (Lipinski definition) is 1. The van der Waals surface area contributed by atoms with Crippen LogP contribution in [0.15, 0.2) is 0 Å². The number of carbonyl (C=O) groups excluding carboxylic acids is 1. The maximum atomic E-state index is 11.5. The van der Waals surface area contributed by atoms with Gasteiger partial charge in [0.1, 0.15) is 0 Å². The lowest BCUT2D eigenvalue weighted by Crippen LogP contribution is -2.46. The maximum absolute atomic E-state index is 11.5. The van der Waals surface area contributed by atoms with Crippen molar-refractivity contribution in [1.82, 2.24) is 10.0 Å². The number of nitrogens with zero attached hydrogens (tertiary/aromatic N) is 2. The molecule has 0 spiro atoms. The predicted molar refractivity (Wildman–Crippen MR) is 54.5 cm³/mol. The van der Waals surface area contributed by atoms with Gasteiger partial charge in [-0.25, -0.2) is 5.01 Å². The van der Waals surface area contributed by atoms with Crippen molar-refractivity contribution in [2.75, 3.05) is 19.6 Å². The second-order valence-electron chi connectivity index (χ2n) is 4.47. The highest BCUT2D eigenvalue weighted by Gasteiger charge is 2.31. The third kappa shape index (κ3) is 2.96. The molecule has 0 radical (unpaired) electrons. The molecule has 0 aromatic heterocycles. The molecule has 1 saturated heterocycles. The second kappa shape index (κ2) is 4.28. The minimum atomic E-state index is -0.739. The van der Waals surface area contributed by atoms with Crippen molar-refractivity contribution in [2.24, 2.45) is 0 Å². The summed E-state index contributed by atoms with van der Waals surface area (Å²) in [5, 5.41) is 13.4. The van der Waals surface area contributed by atoms with E-state index in [1.165, 1.54) is 0 Å². The lowest BCUT2D eigenvalue weighted by Gasteiger charge is -2.32. The number of aliphatic hydroxyl groups is 1. The molecule has 1 N–H and O–H groups in total. The number of hydrazine groups is 1. The molecule has 1 aliphatic heterocycles. The van der Waals surface area contributed by atoms with Crippen LogP contribution in [0.3, 0.4) is 0 Å². The summed E-state index contributed by atoms with van der Waals surface area (Å²) in [7, 11) is 0. The van der Waals surface area contributed by atoms with Gasteiger partial charge in [-0.2, -0.15) is 0 Å². The third-order valence-electron chi connectivity index (χ3n) is 2.22. The molecule has 0 aliphatic carbocycles. The van der Waals surface area contributed by atoms with Gasteiger partial charge in [-0.05, 0) is 20.3 Å². The predicted octanol–water partition coefficient (Wildman–Crippen LogP) is 0.617. The first-order valence-electron chi connectivity index (χ1n) is 5.21. The summed E-state index contributed by atoms with van der Waals surface area (Å²) < 4.78 is 0. The summed E-state index contributed by atoms with van der Waals surface area (Å²) in [6.07, 6.45) is 1.53. The summed E-state index contributed by atoms with van der Waals surface area (Å²) in [6, 6.07) is 0. The highest BCUT2D eigenvalue weighted by atomic mass is 16.3. The van der Waals surface area contributed by atoms with Gasteiger partial charge in [-0.15, -0.1) is 0 Å². The van der Waals surface area contributed by atoms with Crippen LogP contribution in [-0.2, 0) is 4.79 Å². The highest BCUT2D eigenvalue weighted by molar-refractivity contribution is 5.77. The van der Waals surface area contributed by atoms with Crippen LogP contribution in [0.1, 0.15) is 33.6 Å². The fourth-order valence-corrected chi connectivity index (χ4v) is 1.72. The first kappa shape index (κ1) is 11.5. The van der Waals surface area contributed by atoms with Gasteiger partial charge in [0.2, 0.25) is 5.91 Å². The number of β-amino-alcohol motifs (C(OH)–C–C–N with tert-alkyl or cyclic N) is 1. The molecule has 82 valence electrons. The van der Waals surface area contributed by atoms with Crippen LogP contribution in [0.2, 0.25) is 0 Å². The first-order chi connectivity index (χ1) is 6.44. The summed E-state index contributed by atoms with van der Waals surface area (Å²) in [4.78, 5) is 11.5. The summed E-state index contributed by atoms with van der Waals surface area (Å²) in [5.41, 5.74) is -0.739. The Balaban J connectivity index is 2.56. The van der Waals surface area contributed by atoms with E-state index >= 15 is 0 Å². The molecule has 1 aliphatic rings. The van der Waals surface area contributed by atoms with Gasteiger partial charge in [0, 0.05) is 26.1 Å². The quantitative estimate of drug-likeness (QED) is 0.723. The minimum Gasteiger partial charge on any atom is -0.389 e. The van der Waals surface area contributed by atoms with Gasteiger partial charge in [0.15, 0.2) is 0 Å². The zero-order valence-electron chi connectivity index (χ0n) is 9.29. The fourth-order valence-electron chi connectivity index (χ4n) is 1.72. The average Bonchev–Trinajstić information content (AvgIpc) is 2.33. The molecule has 0 aromatic rings. The van der Waals surface area contributed by atoms with E-state index in [0.717, 1.165) is 19.5 Å². The molecule has 1 fully saturated rings. The van der Waals surface area contributed by atoms with Crippen LogP contribution in [-0.4, -0.2) is 46.3 Å².